The molecule has 1 aromatic heterocycles. The van der Waals surface area contributed by atoms with E-state index in [2.05, 4.69) is 15.2 Å². The highest BCUT2D eigenvalue weighted by Crippen LogP contribution is 2.21. The molecule has 32 heavy (non-hydrogen) atoms. The smallest absolute Gasteiger partial charge is 0.317 e. The Morgan fingerprint density at radius 1 is 1.22 bits per heavy atom. The highest BCUT2D eigenvalue weighted by Gasteiger charge is 2.28. The van der Waals surface area contributed by atoms with E-state index >= 15 is 0 Å². The van der Waals surface area contributed by atoms with Crippen molar-refractivity contribution in [2.75, 3.05) is 26.2 Å². The van der Waals surface area contributed by atoms with Crippen LogP contribution in [0.15, 0.2) is 60.1 Å². The molecule has 168 valence electrons. The van der Waals surface area contributed by atoms with E-state index in [4.69, 9.17) is 22.7 Å². The molecule has 2 aliphatic rings. The van der Waals surface area contributed by atoms with Gasteiger partial charge in [0.25, 0.3) is 0 Å². The Morgan fingerprint density at radius 3 is 2.78 bits per heavy atom. The minimum absolute atomic E-state index is 0.0880. The SMILES string of the molecule is N=C(C1=C(N)CCN(C(=O)N[C@@H]2CCCN(Cc3ccccc3Cl)C2)C1)c1ccncc1. The summed E-state index contributed by atoms with van der Waals surface area (Å²) in [6.07, 6.45) is 5.87. The van der Waals surface area contributed by atoms with Crippen LogP contribution >= 0.6 is 11.6 Å². The molecule has 1 atom stereocenters. The number of benzene rings is 1. The number of amides is 2. The lowest BCUT2D eigenvalue weighted by Crippen LogP contribution is -2.53. The van der Waals surface area contributed by atoms with E-state index < -0.39 is 0 Å². The topological polar surface area (TPSA) is 98.3 Å². The number of hydrogen-bond donors (Lipinski definition) is 3. The number of nitrogens with one attached hydrogen (secondary N) is 2. The van der Waals surface area contributed by atoms with E-state index in [1.165, 1.54) is 0 Å². The number of pyridine rings is 1. The van der Waals surface area contributed by atoms with E-state index in [1.807, 2.05) is 24.3 Å². The standard InChI is InChI=1S/C24H29ClN6O/c25-21-6-2-1-4-18(21)14-30-12-3-5-19(15-30)29-24(32)31-13-9-22(26)20(16-31)23(27)17-7-10-28-11-8-17/h1-2,4,6-8,10-11,19,27H,3,5,9,12-16,26H2,(H,29,32)/t19-/m1/s1. The maximum absolute atomic E-state index is 13.0. The predicted molar refractivity (Wildman–Crippen MR) is 127 cm³/mol. The number of hydrogen-bond acceptors (Lipinski definition) is 5. The third kappa shape index (κ3) is 5.29. The summed E-state index contributed by atoms with van der Waals surface area (Å²) >= 11 is 6.32. The van der Waals surface area contributed by atoms with Gasteiger partial charge in [-0.1, -0.05) is 29.8 Å². The van der Waals surface area contributed by atoms with Crippen molar-refractivity contribution >= 4 is 23.3 Å². The number of carbonyl (C=O) groups is 1. The van der Waals surface area contributed by atoms with E-state index in [1.54, 1.807) is 29.4 Å². The largest absolute Gasteiger partial charge is 0.402 e. The Bertz CT molecular complexity index is 1010. The van der Waals surface area contributed by atoms with Crippen molar-refractivity contribution in [1.29, 1.82) is 5.41 Å². The molecule has 1 saturated heterocycles. The van der Waals surface area contributed by atoms with Crippen LogP contribution in [0.3, 0.4) is 0 Å². The summed E-state index contributed by atoms with van der Waals surface area (Å²) in [5, 5.41) is 12.5. The molecule has 3 heterocycles. The first-order valence-electron chi connectivity index (χ1n) is 11.0. The minimum Gasteiger partial charge on any atom is -0.402 e. The van der Waals surface area contributed by atoms with Gasteiger partial charge in [0, 0.05) is 66.3 Å². The Kier molecular flexibility index (Phi) is 7.07. The molecule has 4 N–H and O–H groups in total. The molecule has 4 rings (SSSR count). The van der Waals surface area contributed by atoms with Gasteiger partial charge >= 0.3 is 6.03 Å². The highest BCUT2D eigenvalue weighted by molar-refractivity contribution is 6.31. The maximum atomic E-state index is 13.0. The Balaban J connectivity index is 1.35. The summed E-state index contributed by atoms with van der Waals surface area (Å²) in [6.45, 7) is 3.47. The van der Waals surface area contributed by atoms with Gasteiger partial charge in [-0.05, 0) is 43.1 Å². The lowest BCUT2D eigenvalue weighted by Gasteiger charge is -2.36. The molecule has 2 aliphatic heterocycles. The molecular formula is C24H29ClN6O. The fourth-order valence-corrected chi connectivity index (χ4v) is 4.53. The first-order valence-corrected chi connectivity index (χ1v) is 11.4. The zero-order valence-corrected chi connectivity index (χ0v) is 18.8. The average Bonchev–Trinajstić information content (AvgIpc) is 2.81. The molecule has 0 unspecified atom stereocenters. The number of likely N-dealkylation sites (tertiary alicyclic amines) is 1. The van der Waals surface area contributed by atoms with Crippen LogP contribution in [0.5, 0.6) is 0 Å². The summed E-state index contributed by atoms with van der Waals surface area (Å²) in [5.41, 5.74) is 9.82. The fraction of sp³-hybridized carbons (Fsp3) is 0.375. The second-order valence-electron chi connectivity index (χ2n) is 8.40. The third-order valence-corrected chi connectivity index (χ3v) is 6.50. The summed E-state index contributed by atoms with van der Waals surface area (Å²) in [7, 11) is 0. The maximum Gasteiger partial charge on any atom is 0.317 e. The summed E-state index contributed by atoms with van der Waals surface area (Å²) < 4.78 is 0. The number of urea groups is 1. The molecule has 0 radical (unpaired) electrons. The van der Waals surface area contributed by atoms with E-state index in [0.29, 0.717) is 36.5 Å². The van der Waals surface area contributed by atoms with Gasteiger partial charge < -0.3 is 16.0 Å². The number of carbonyl (C=O) groups excluding carboxylic acids is 1. The van der Waals surface area contributed by atoms with Crippen LogP contribution in [-0.2, 0) is 6.54 Å². The van der Waals surface area contributed by atoms with E-state index in [9.17, 15) is 4.79 Å². The molecule has 0 aliphatic carbocycles. The molecule has 2 aromatic rings. The van der Waals surface area contributed by atoms with Gasteiger partial charge in [-0.15, -0.1) is 0 Å². The monoisotopic (exact) mass is 452 g/mol. The minimum atomic E-state index is -0.0953. The van der Waals surface area contributed by atoms with Crippen LogP contribution in [-0.4, -0.2) is 58.7 Å². The van der Waals surface area contributed by atoms with Crippen molar-refractivity contribution in [3.63, 3.8) is 0 Å². The molecule has 1 fully saturated rings. The lowest BCUT2D eigenvalue weighted by atomic mass is 9.97. The van der Waals surface area contributed by atoms with Crippen LogP contribution in [0, 0.1) is 5.41 Å². The first kappa shape index (κ1) is 22.3. The molecule has 0 saturated carbocycles. The Morgan fingerprint density at radius 2 is 2.00 bits per heavy atom. The van der Waals surface area contributed by atoms with Gasteiger partial charge in [-0.25, -0.2) is 4.79 Å². The second-order valence-corrected chi connectivity index (χ2v) is 8.81. The van der Waals surface area contributed by atoms with Crippen molar-refractivity contribution in [2.24, 2.45) is 5.73 Å². The molecule has 7 nitrogen and oxygen atoms in total. The number of halogens is 1. The number of aromatic nitrogens is 1. The summed E-state index contributed by atoms with van der Waals surface area (Å²) in [6, 6.07) is 11.5. The van der Waals surface area contributed by atoms with Crippen molar-refractivity contribution < 1.29 is 4.79 Å². The van der Waals surface area contributed by atoms with Crippen LogP contribution in [0.4, 0.5) is 4.79 Å². The van der Waals surface area contributed by atoms with Crippen molar-refractivity contribution in [3.05, 3.63) is 76.2 Å². The summed E-state index contributed by atoms with van der Waals surface area (Å²) in [5.74, 6) is 0. The molecule has 0 spiro atoms. The van der Waals surface area contributed by atoms with Crippen LogP contribution in [0.1, 0.15) is 30.4 Å². The number of rotatable bonds is 5. The van der Waals surface area contributed by atoms with Crippen LogP contribution < -0.4 is 11.1 Å². The normalized spacial score (nSPS) is 19.7. The van der Waals surface area contributed by atoms with Crippen molar-refractivity contribution in [1.82, 2.24) is 20.1 Å². The predicted octanol–water partition coefficient (Wildman–Crippen LogP) is 3.40. The Hall–Kier alpha value is -2.90. The number of nitrogens with zero attached hydrogens (tertiary/aromatic N) is 3. The lowest BCUT2D eigenvalue weighted by molar-refractivity contribution is 0.164. The summed E-state index contributed by atoms with van der Waals surface area (Å²) in [4.78, 5) is 21.1. The number of piperidine rings is 1. The quantitative estimate of drug-likeness (QED) is 0.605. The molecule has 0 bridgehead atoms. The Labute approximate surface area is 193 Å². The fourth-order valence-electron chi connectivity index (χ4n) is 4.33. The zero-order valence-electron chi connectivity index (χ0n) is 18.1. The third-order valence-electron chi connectivity index (χ3n) is 6.13. The zero-order chi connectivity index (χ0) is 22.5. The molecule has 8 heteroatoms. The van der Waals surface area contributed by atoms with Crippen molar-refractivity contribution in [3.8, 4) is 0 Å². The molecular weight excluding hydrogens is 424 g/mol. The van der Waals surface area contributed by atoms with Gasteiger partial charge in [0.2, 0.25) is 0 Å². The van der Waals surface area contributed by atoms with Crippen LogP contribution in [0.25, 0.3) is 0 Å². The van der Waals surface area contributed by atoms with Gasteiger partial charge in [0.1, 0.15) is 0 Å². The first-order chi connectivity index (χ1) is 15.5. The average molecular weight is 453 g/mol. The van der Waals surface area contributed by atoms with E-state index in [0.717, 1.165) is 48.6 Å². The van der Waals surface area contributed by atoms with Gasteiger partial charge in [-0.3, -0.25) is 15.3 Å². The van der Waals surface area contributed by atoms with E-state index in [-0.39, 0.29) is 12.1 Å². The van der Waals surface area contributed by atoms with Crippen LogP contribution in [0.2, 0.25) is 5.02 Å². The molecule has 2 amide bonds. The van der Waals surface area contributed by atoms with Crippen molar-refractivity contribution in [2.45, 2.75) is 31.8 Å². The number of nitrogens with two attached hydrogens (primary N) is 1. The van der Waals surface area contributed by atoms with Gasteiger partial charge in [0.15, 0.2) is 0 Å². The highest BCUT2D eigenvalue weighted by atomic mass is 35.5. The van der Waals surface area contributed by atoms with Gasteiger partial charge in [-0.2, -0.15) is 0 Å². The second kappa shape index (κ2) is 10.1. The molecule has 1 aromatic carbocycles. The van der Waals surface area contributed by atoms with Gasteiger partial charge in [0.05, 0.1) is 12.3 Å².